The van der Waals surface area contributed by atoms with Crippen LogP contribution in [0.5, 0.6) is 0 Å². The number of aromatic nitrogens is 4. The Balaban J connectivity index is 1.39. The fourth-order valence-electron chi connectivity index (χ4n) is 4.47. The largest absolute Gasteiger partial charge is 0.481 e. The quantitative estimate of drug-likeness (QED) is 0.158. The van der Waals surface area contributed by atoms with Gasteiger partial charge in [-0.05, 0) is 41.8 Å². The molecule has 0 aliphatic carbocycles. The molecule has 4 atom stereocenters. The standard InChI is InChI=1S/C24H21ClN6O8S2/c25-11-3-1-10(2-4-11)19(34)20(35)26-17-21(36)30-18(23(37)38)12(9-40-22(17)30)13(5-8-16(32)33)41-15-7-6-14-27-28-24(39)31(14)29-15/h1-4,6-7,13,17,19,22,34H,5,8-9H2,(H,26,35)(H,28,39)(H,32,33)(H,37,38)/t13?,17?,19-,22-/m1/s1. The molecule has 0 radical (unpaired) electrons. The van der Waals surface area contributed by atoms with E-state index < -0.39 is 52.2 Å². The molecule has 3 aromatic rings. The number of β-lactam (4-membered cyclic amide) rings is 1. The second kappa shape index (κ2) is 11.6. The van der Waals surface area contributed by atoms with Gasteiger partial charge >= 0.3 is 17.6 Å². The minimum Gasteiger partial charge on any atom is -0.481 e. The average Bonchev–Trinajstić information content (AvgIpc) is 3.32. The van der Waals surface area contributed by atoms with E-state index >= 15 is 0 Å². The Morgan fingerprint density at radius 2 is 1.90 bits per heavy atom. The zero-order valence-electron chi connectivity index (χ0n) is 20.8. The van der Waals surface area contributed by atoms with Crippen LogP contribution in [0, 0.1) is 0 Å². The lowest BCUT2D eigenvalue weighted by Gasteiger charge is -2.50. The zero-order valence-corrected chi connectivity index (χ0v) is 23.1. The number of hydrogen-bond acceptors (Lipinski definition) is 10. The van der Waals surface area contributed by atoms with Gasteiger partial charge < -0.3 is 20.6 Å². The van der Waals surface area contributed by atoms with Gasteiger partial charge in [0.15, 0.2) is 11.8 Å². The fourth-order valence-corrected chi connectivity index (χ4v) is 7.27. The van der Waals surface area contributed by atoms with E-state index in [0.29, 0.717) is 15.6 Å². The lowest BCUT2D eigenvalue weighted by molar-refractivity contribution is -0.151. The number of aliphatic hydroxyl groups excluding tert-OH is 1. The van der Waals surface area contributed by atoms with E-state index in [4.69, 9.17) is 11.6 Å². The maximum atomic E-state index is 13.1. The van der Waals surface area contributed by atoms with Crippen LogP contribution in [-0.4, -0.2) is 86.2 Å². The summed E-state index contributed by atoms with van der Waals surface area (Å²) in [6.07, 6.45) is -1.84. The number of aliphatic hydroxyl groups is 1. The van der Waals surface area contributed by atoms with E-state index in [1.807, 2.05) is 0 Å². The van der Waals surface area contributed by atoms with Gasteiger partial charge in [0.05, 0.1) is 0 Å². The Labute approximate surface area is 243 Å². The first kappa shape index (κ1) is 28.7. The molecule has 1 fully saturated rings. The number of aromatic amines is 1. The fraction of sp³-hybridized carbons (Fsp3) is 0.292. The molecule has 0 spiro atoms. The Morgan fingerprint density at radius 3 is 2.59 bits per heavy atom. The normalized spacial score (nSPS) is 19.9. The summed E-state index contributed by atoms with van der Waals surface area (Å²) in [5.74, 6) is -3.87. The molecule has 2 aromatic heterocycles. The molecule has 14 nitrogen and oxygen atoms in total. The third-order valence-corrected chi connectivity index (χ3v) is 9.27. The van der Waals surface area contributed by atoms with E-state index in [9.17, 15) is 39.3 Å². The van der Waals surface area contributed by atoms with Crippen LogP contribution in [0.25, 0.3) is 5.65 Å². The predicted molar refractivity (Wildman–Crippen MR) is 146 cm³/mol. The van der Waals surface area contributed by atoms with Crippen LogP contribution in [0.2, 0.25) is 5.02 Å². The van der Waals surface area contributed by atoms with Gasteiger partial charge in [0.2, 0.25) is 0 Å². The summed E-state index contributed by atoms with van der Waals surface area (Å²) in [4.78, 5) is 62.7. The number of rotatable bonds is 10. The van der Waals surface area contributed by atoms with E-state index in [-0.39, 0.29) is 35.5 Å². The second-order valence-corrected chi connectivity index (χ2v) is 11.8. The first-order valence-electron chi connectivity index (χ1n) is 12.0. The molecule has 2 aliphatic heterocycles. The molecule has 214 valence electrons. The molecule has 2 amide bonds. The van der Waals surface area contributed by atoms with Crippen molar-refractivity contribution in [2.24, 2.45) is 0 Å². The third kappa shape index (κ3) is 5.68. The van der Waals surface area contributed by atoms with Crippen molar-refractivity contribution in [1.29, 1.82) is 0 Å². The summed E-state index contributed by atoms with van der Waals surface area (Å²) in [7, 11) is 0. The van der Waals surface area contributed by atoms with E-state index in [1.54, 1.807) is 6.07 Å². The van der Waals surface area contributed by atoms with Crippen LogP contribution < -0.4 is 11.0 Å². The van der Waals surface area contributed by atoms with Crippen molar-refractivity contribution >= 4 is 64.5 Å². The number of carbonyl (C=O) groups is 4. The van der Waals surface area contributed by atoms with E-state index in [0.717, 1.165) is 21.2 Å². The second-order valence-electron chi connectivity index (χ2n) is 9.04. The molecule has 4 heterocycles. The molecule has 17 heteroatoms. The minimum absolute atomic E-state index is 0.0207. The maximum absolute atomic E-state index is 13.1. The van der Waals surface area contributed by atoms with Crippen LogP contribution in [0.1, 0.15) is 24.5 Å². The van der Waals surface area contributed by atoms with Crippen molar-refractivity contribution in [2.75, 3.05) is 5.75 Å². The molecular weight excluding hydrogens is 600 g/mol. The topological polar surface area (TPSA) is 207 Å². The van der Waals surface area contributed by atoms with Gasteiger partial charge in [0.25, 0.3) is 11.8 Å². The molecule has 0 saturated carbocycles. The Bertz CT molecular complexity index is 1640. The third-order valence-electron chi connectivity index (χ3n) is 6.45. The molecule has 2 unspecified atom stereocenters. The molecule has 2 aliphatic rings. The summed E-state index contributed by atoms with van der Waals surface area (Å²) in [5.41, 5.74) is -0.0319. The van der Waals surface area contributed by atoms with Crippen molar-refractivity contribution in [3.05, 3.63) is 68.7 Å². The van der Waals surface area contributed by atoms with Gasteiger partial charge in [0, 0.05) is 22.4 Å². The SMILES string of the molecule is O=C(O)CCC(Sc1ccc2n[nH]c(=O)n2n1)C1=C(C(=O)O)N2C(=O)C(NC(=O)[C@H](O)c3ccc(Cl)cc3)[C@H]2SC1. The van der Waals surface area contributed by atoms with Crippen LogP contribution in [0.4, 0.5) is 0 Å². The summed E-state index contributed by atoms with van der Waals surface area (Å²) >= 11 is 8.12. The van der Waals surface area contributed by atoms with Crippen molar-refractivity contribution < 1.29 is 34.5 Å². The number of halogens is 1. The number of amides is 2. The summed E-state index contributed by atoms with van der Waals surface area (Å²) in [6, 6.07) is 7.98. The number of benzene rings is 1. The molecule has 1 aromatic carbocycles. The summed E-state index contributed by atoms with van der Waals surface area (Å²) in [6.45, 7) is 0. The molecule has 41 heavy (non-hydrogen) atoms. The zero-order chi connectivity index (χ0) is 29.4. The number of nitrogens with one attached hydrogen (secondary N) is 2. The monoisotopic (exact) mass is 620 g/mol. The van der Waals surface area contributed by atoms with E-state index in [2.05, 4.69) is 20.6 Å². The lowest BCUT2D eigenvalue weighted by Crippen LogP contribution is -2.71. The number of carboxylic acids is 2. The number of carbonyl (C=O) groups excluding carboxylic acids is 2. The van der Waals surface area contributed by atoms with Crippen LogP contribution in [-0.2, 0) is 19.2 Å². The first-order chi connectivity index (χ1) is 19.5. The van der Waals surface area contributed by atoms with Crippen LogP contribution in [0.15, 0.2) is 57.5 Å². The van der Waals surface area contributed by atoms with Gasteiger partial charge in [0.1, 0.15) is 22.1 Å². The highest BCUT2D eigenvalue weighted by molar-refractivity contribution is 8.01. The maximum Gasteiger partial charge on any atom is 0.364 e. The van der Waals surface area contributed by atoms with Gasteiger partial charge in [-0.1, -0.05) is 35.5 Å². The summed E-state index contributed by atoms with van der Waals surface area (Å²) in [5, 5.41) is 41.9. The number of nitrogens with zero attached hydrogens (tertiary/aromatic N) is 4. The highest BCUT2D eigenvalue weighted by Gasteiger charge is 2.55. The predicted octanol–water partition coefficient (Wildman–Crippen LogP) is 0.869. The Hall–Kier alpha value is -3.86. The van der Waals surface area contributed by atoms with Crippen molar-refractivity contribution in [3.8, 4) is 0 Å². The number of aliphatic carboxylic acids is 2. The molecule has 5 N–H and O–H groups in total. The minimum atomic E-state index is -1.57. The number of thioether (sulfide) groups is 2. The molecule has 5 rings (SSSR count). The number of H-pyrrole nitrogens is 1. The van der Waals surface area contributed by atoms with Crippen LogP contribution in [0.3, 0.4) is 0 Å². The van der Waals surface area contributed by atoms with Crippen molar-refractivity contribution in [1.82, 2.24) is 30.0 Å². The smallest absolute Gasteiger partial charge is 0.364 e. The summed E-state index contributed by atoms with van der Waals surface area (Å²) < 4.78 is 1.03. The van der Waals surface area contributed by atoms with Crippen LogP contribution >= 0.6 is 35.1 Å². The first-order valence-corrected chi connectivity index (χ1v) is 14.3. The average molecular weight is 621 g/mol. The van der Waals surface area contributed by atoms with Gasteiger partial charge in [-0.2, -0.15) is 14.7 Å². The van der Waals surface area contributed by atoms with Crippen molar-refractivity contribution in [3.63, 3.8) is 0 Å². The van der Waals surface area contributed by atoms with Gasteiger partial charge in [-0.15, -0.1) is 11.8 Å². The molecular formula is C24H21ClN6O8S2. The Kier molecular flexibility index (Phi) is 8.08. The number of carboxylic acid groups (broad SMARTS) is 2. The molecule has 1 saturated heterocycles. The van der Waals surface area contributed by atoms with Gasteiger partial charge in [-0.3, -0.25) is 19.3 Å². The number of fused-ring (bicyclic) bond motifs is 2. The Morgan fingerprint density at radius 1 is 1.17 bits per heavy atom. The number of hydrogen-bond donors (Lipinski definition) is 5. The highest BCUT2D eigenvalue weighted by atomic mass is 35.5. The van der Waals surface area contributed by atoms with Gasteiger partial charge in [-0.25, -0.2) is 14.7 Å². The van der Waals surface area contributed by atoms with E-state index in [1.165, 1.54) is 42.1 Å². The van der Waals surface area contributed by atoms with Crippen molar-refractivity contribution in [2.45, 2.75) is 40.6 Å². The molecule has 0 bridgehead atoms. The highest BCUT2D eigenvalue weighted by Crippen LogP contribution is 2.44. The lowest BCUT2D eigenvalue weighted by atomic mass is 9.99.